The third-order valence-electron chi connectivity index (χ3n) is 3.47. The van der Waals surface area contributed by atoms with Gasteiger partial charge in [0.25, 0.3) is 0 Å². The molecule has 4 N–H and O–H groups in total. The zero-order valence-corrected chi connectivity index (χ0v) is 13.4. The lowest BCUT2D eigenvalue weighted by atomic mass is 10.0. The van der Waals surface area contributed by atoms with Crippen LogP contribution in [-0.4, -0.2) is 15.0 Å². The molecule has 0 spiro atoms. The standard InChI is InChI=1S/C15H14ClN5.ClH/c1-8-10(6-9-4-2-3-5-11(9)16)7-19-14-12(8)13(17)20-15(18)21-14;/h2-5,7H,6H2,1H3,(H4,17,18,19,20,21);1H. The lowest BCUT2D eigenvalue weighted by Crippen LogP contribution is -2.04. The molecule has 114 valence electrons. The number of nitrogen functional groups attached to an aromatic ring is 2. The van der Waals surface area contributed by atoms with Gasteiger partial charge in [0.2, 0.25) is 5.95 Å². The first-order chi connectivity index (χ1) is 10.1. The van der Waals surface area contributed by atoms with Crippen molar-refractivity contribution in [3.05, 3.63) is 52.2 Å². The Hall–Kier alpha value is -2.11. The molecule has 0 unspecified atom stereocenters. The van der Waals surface area contributed by atoms with Crippen molar-refractivity contribution in [2.75, 3.05) is 11.5 Å². The largest absolute Gasteiger partial charge is 0.383 e. The molecule has 0 aliphatic heterocycles. The van der Waals surface area contributed by atoms with E-state index in [2.05, 4.69) is 15.0 Å². The molecule has 0 fully saturated rings. The maximum absolute atomic E-state index is 6.21. The summed E-state index contributed by atoms with van der Waals surface area (Å²) >= 11 is 6.21. The second kappa shape index (κ2) is 6.34. The summed E-state index contributed by atoms with van der Waals surface area (Å²) in [7, 11) is 0. The minimum Gasteiger partial charge on any atom is -0.383 e. The van der Waals surface area contributed by atoms with Gasteiger partial charge in [-0.05, 0) is 29.7 Å². The molecule has 0 radical (unpaired) electrons. The molecule has 0 saturated heterocycles. The number of hydrogen-bond acceptors (Lipinski definition) is 5. The summed E-state index contributed by atoms with van der Waals surface area (Å²) in [5.41, 5.74) is 15.1. The molecule has 0 aliphatic carbocycles. The predicted octanol–water partition coefficient (Wildman–Crippen LogP) is 3.16. The minimum atomic E-state index is 0. The fraction of sp³-hybridized carbons (Fsp3) is 0.133. The average Bonchev–Trinajstić information content (AvgIpc) is 2.43. The van der Waals surface area contributed by atoms with Gasteiger partial charge in [0, 0.05) is 17.6 Å². The molecular weight excluding hydrogens is 321 g/mol. The Bertz CT molecular complexity index is 836. The Kier molecular flexibility index (Phi) is 4.68. The van der Waals surface area contributed by atoms with Crippen LogP contribution in [0.1, 0.15) is 16.7 Å². The van der Waals surface area contributed by atoms with Crippen LogP contribution in [0, 0.1) is 6.92 Å². The van der Waals surface area contributed by atoms with Crippen LogP contribution in [0.4, 0.5) is 11.8 Å². The van der Waals surface area contributed by atoms with E-state index in [1.165, 1.54) is 0 Å². The molecule has 0 bridgehead atoms. The number of aromatic nitrogens is 3. The van der Waals surface area contributed by atoms with Crippen LogP contribution in [0.3, 0.4) is 0 Å². The van der Waals surface area contributed by atoms with E-state index in [1.807, 2.05) is 31.2 Å². The van der Waals surface area contributed by atoms with Crippen LogP contribution < -0.4 is 11.5 Å². The van der Waals surface area contributed by atoms with Crippen molar-refractivity contribution >= 4 is 46.8 Å². The van der Waals surface area contributed by atoms with E-state index < -0.39 is 0 Å². The summed E-state index contributed by atoms with van der Waals surface area (Å²) in [5.74, 6) is 0.481. The predicted molar refractivity (Wildman–Crippen MR) is 92.4 cm³/mol. The number of anilines is 2. The summed E-state index contributed by atoms with van der Waals surface area (Å²) in [5, 5.41) is 1.48. The van der Waals surface area contributed by atoms with Crippen LogP contribution >= 0.6 is 24.0 Å². The number of benzene rings is 1. The van der Waals surface area contributed by atoms with Gasteiger partial charge >= 0.3 is 0 Å². The SMILES string of the molecule is Cc1c(Cc2ccccc2Cl)cnc2nc(N)nc(N)c12.Cl. The van der Waals surface area contributed by atoms with Crippen LogP contribution in [-0.2, 0) is 6.42 Å². The van der Waals surface area contributed by atoms with Crippen molar-refractivity contribution in [1.29, 1.82) is 0 Å². The first-order valence-corrected chi connectivity index (χ1v) is 6.84. The van der Waals surface area contributed by atoms with Crippen LogP contribution in [0.2, 0.25) is 5.02 Å². The number of pyridine rings is 1. The molecule has 22 heavy (non-hydrogen) atoms. The van der Waals surface area contributed by atoms with Crippen LogP contribution in [0.15, 0.2) is 30.5 Å². The molecule has 3 rings (SSSR count). The summed E-state index contributed by atoms with van der Waals surface area (Å²) in [6, 6.07) is 7.74. The van der Waals surface area contributed by atoms with E-state index in [0.717, 1.165) is 27.1 Å². The van der Waals surface area contributed by atoms with Crippen LogP contribution in [0.5, 0.6) is 0 Å². The Morgan fingerprint density at radius 1 is 1.09 bits per heavy atom. The van der Waals surface area contributed by atoms with Gasteiger partial charge in [-0.2, -0.15) is 9.97 Å². The van der Waals surface area contributed by atoms with E-state index in [9.17, 15) is 0 Å². The topological polar surface area (TPSA) is 90.7 Å². The maximum Gasteiger partial charge on any atom is 0.224 e. The fourth-order valence-electron chi connectivity index (χ4n) is 2.36. The zero-order chi connectivity index (χ0) is 15.0. The number of fused-ring (bicyclic) bond motifs is 1. The molecule has 0 aliphatic rings. The van der Waals surface area contributed by atoms with Gasteiger partial charge in [-0.25, -0.2) is 4.98 Å². The second-order valence-electron chi connectivity index (χ2n) is 4.84. The number of nitrogens with zero attached hydrogens (tertiary/aromatic N) is 3. The van der Waals surface area contributed by atoms with Crippen molar-refractivity contribution in [3.8, 4) is 0 Å². The van der Waals surface area contributed by atoms with Gasteiger partial charge < -0.3 is 11.5 Å². The Morgan fingerprint density at radius 3 is 2.55 bits per heavy atom. The molecule has 2 aromatic heterocycles. The highest BCUT2D eigenvalue weighted by Crippen LogP contribution is 2.26. The minimum absolute atomic E-state index is 0. The van der Waals surface area contributed by atoms with Gasteiger partial charge in [-0.1, -0.05) is 29.8 Å². The highest BCUT2D eigenvalue weighted by molar-refractivity contribution is 6.31. The normalized spacial score (nSPS) is 10.5. The molecule has 0 amide bonds. The number of hydrogen-bond donors (Lipinski definition) is 2. The first kappa shape index (κ1) is 16.3. The second-order valence-corrected chi connectivity index (χ2v) is 5.25. The lowest BCUT2D eigenvalue weighted by Gasteiger charge is -2.11. The highest BCUT2D eigenvalue weighted by atomic mass is 35.5. The van der Waals surface area contributed by atoms with Gasteiger partial charge in [0.05, 0.1) is 5.39 Å². The van der Waals surface area contributed by atoms with Crippen molar-refractivity contribution in [1.82, 2.24) is 15.0 Å². The summed E-state index contributed by atoms with van der Waals surface area (Å²) in [6.45, 7) is 1.98. The average molecular weight is 336 g/mol. The third kappa shape index (κ3) is 2.91. The van der Waals surface area contributed by atoms with Gasteiger partial charge in [0.1, 0.15) is 5.82 Å². The van der Waals surface area contributed by atoms with E-state index in [4.69, 9.17) is 23.1 Å². The first-order valence-electron chi connectivity index (χ1n) is 6.47. The van der Waals surface area contributed by atoms with Gasteiger partial charge in [-0.3, -0.25) is 0 Å². The van der Waals surface area contributed by atoms with Crippen molar-refractivity contribution in [2.45, 2.75) is 13.3 Å². The molecule has 3 aromatic rings. The van der Waals surface area contributed by atoms with E-state index >= 15 is 0 Å². The molecule has 0 saturated carbocycles. The van der Waals surface area contributed by atoms with E-state index in [0.29, 0.717) is 17.9 Å². The molecule has 7 heteroatoms. The van der Waals surface area contributed by atoms with Gasteiger partial charge in [0.15, 0.2) is 5.65 Å². The van der Waals surface area contributed by atoms with Crippen molar-refractivity contribution in [2.24, 2.45) is 0 Å². The highest BCUT2D eigenvalue weighted by Gasteiger charge is 2.12. The third-order valence-corrected chi connectivity index (χ3v) is 3.84. The Morgan fingerprint density at radius 2 is 1.82 bits per heavy atom. The molecule has 0 atom stereocenters. The number of halogens is 2. The smallest absolute Gasteiger partial charge is 0.224 e. The summed E-state index contributed by atoms with van der Waals surface area (Å²) < 4.78 is 0. The number of nitrogens with two attached hydrogens (primary N) is 2. The fourth-order valence-corrected chi connectivity index (χ4v) is 2.56. The van der Waals surface area contributed by atoms with E-state index in [1.54, 1.807) is 6.20 Å². The Balaban J connectivity index is 0.00000176. The Labute approximate surface area is 139 Å². The van der Waals surface area contributed by atoms with Crippen LogP contribution in [0.25, 0.3) is 11.0 Å². The quantitative estimate of drug-likeness (QED) is 0.750. The number of rotatable bonds is 2. The summed E-state index contributed by atoms with van der Waals surface area (Å²) in [4.78, 5) is 12.5. The van der Waals surface area contributed by atoms with Crippen molar-refractivity contribution < 1.29 is 0 Å². The molecule has 2 heterocycles. The lowest BCUT2D eigenvalue weighted by molar-refractivity contribution is 1.11. The summed E-state index contributed by atoms with van der Waals surface area (Å²) in [6.07, 6.45) is 2.46. The molecule has 1 aromatic carbocycles. The zero-order valence-electron chi connectivity index (χ0n) is 11.9. The van der Waals surface area contributed by atoms with Gasteiger partial charge in [-0.15, -0.1) is 12.4 Å². The van der Waals surface area contributed by atoms with Crippen molar-refractivity contribution in [3.63, 3.8) is 0 Å². The molecular formula is C15H15Cl2N5. The van der Waals surface area contributed by atoms with E-state index in [-0.39, 0.29) is 18.4 Å². The monoisotopic (exact) mass is 335 g/mol. The molecule has 5 nitrogen and oxygen atoms in total. The maximum atomic E-state index is 6.21. The number of aryl methyl sites for hydroxylation is 1.